The first-order valence-corrected chi connectivity index (χ1v) is 22.7. The summed E-state index contributed by atoms with van der Waals surface area (Å²) >= 11 is 1.88. The second kappa shape index (κ2) is 16.0. The number of benzene rings is 11. The number of thiophene rings is 1. The maximum Gasteiger partial charge on any atom is 0.0540 e. The summed E-state index contributed by atoms with van der Waals surface area (Å²) in [5.41, 5.74) is 15.3. The van der Waals surface area contributed by atoms with Gasteiger partial charge in [0.1, 0.15) is 0 Å². The Morgan fingerprint density at radius 1 is 0.250 bits per heavy atom. The summed E-state index contributed by atoms with van der Waals surface area (Å²) < 4.78 is 2.60. The van der Waals surface area contributed by atoms with Crippen molar-refractivity contribution >= 4 is 70.1 Å². The molecule has 11 aromatic carbocycles. The average Bonchev–Trinajstić information content (AvgIpc) is 3.76. The maximum atomic E-state index is 2.48. The minimum absolute atomic E-state index is 1.09. The quantitative estimate of drug-likeness (QED) is 0.147. The summed E-state index contributed by atoms with van der Waals surface area (Å²) in [6, 6.07) is 91.0. The Hall–Kier alpha value is -8.04. The van der Waals surface area contributed by atoms with Crippen LogP contribution in [-0.2, 0) is 0 Å². The molecule has 1 aromatic heterocycles. The number of anilines is 3. The standard InChI is InChI=1S/C62H41NS/c1-3-20-48-44(16-1)18-13-27-49(48)46-36-34-42(35-37-46)43-38-40-47(41-39-43)63(60-32-11-8-25-55(60)57-29-15-30-58-56-26-9-12-33-61(56)64-62(57)58)59-31-10-7-24-54(59)53-23-6-5-22-52(53)51-28-14-19-45-17-2-4-21-50(45)51/h1-41H. The summed E-state index contributed by atoms with van der Waals surface area (Å²) in [5.74, 6) is 0. The Kier molecular flexibility index (Phi) is 9.43. The molecule has 0 saturated heterocycles. The van der Waals surface area contributed by atoms with Crippen LogP contribution in [0.2, 0.25) is 0 Å². The van der Waals surface area contributed by atoms with E-state index in [1.165, 1.54) is 91.8 Å². The fourth-order valence-corrected chi connectivity index (χ4v) is 10.9. The molecule has 300 valence electrons. The molecule has 2 heteroatoms. The molecule has 1 heterocycles. The molecule has 0 unspecified atom stereocenters. The van der Waals surface area contributed by atoms with Crippen LogP contribution in [0.15, 0.2) is 249 Å². The Labute approximate surface area is 377 Å². The highest BCUT2D eigenvalue weighted by atomic mass is 32.1. The average molecular weight is 832 g/mol. The molecule has 0 aliphatic heterocycles. The lowest BCUT2D eigenvalue weighted by Gasteiger charge is -2.30. The van der Waals surface area contributed by atoms with Gasteiger partial charge in [-0.05, 0) is 90.8 Å². The molecule has 64 heavy (non-hydrogen) atoms. The number of hydrogen-bond acceptors (Lipinski definition) is 2. The van der Waals surface area contributed by atoms with Crippen molar-refractivity contribution in [1.82, 2.24) is 0 Å². The predicted molar refractivity (Wildman–Crippen MR) is 276 cm³/mol. The van der Waals surface area contributed by atoms with Gasteiger partial charge in [-0.25, -0.2) is 0 Å². The van der Waals surface area contributed by atoms with Crippen LogP contribution in [0.5, 0.6) is 0 Å². The lowest BCUT2D eigenvalue weighted by atomic mass is 9.90. The second-order valence-electron chi connectivity index (χ2n) is 16.4. The van der Waals surface area contributed by atoms with E-state index in [1.54, 1.807) is 0 Å². The highest BCUT2D eigenvalue weighted by molar-refractivity contribution is 7.26. The number of fused-ring (bicyclic) bond motifs is 5. The van der Waals surface area contributed by atoms with E-state index in [4.69, 9.17) is 0 Å². The van der Waals surface area contributed by atoms with Crippen molar-refractivity contribution in [2.24, 2.45) is 0 Å². The molecule has 0 N–H and O–H groups in total. The molecule has 0 amide bonds. The van der Waals surface area contributed by atoms with Crippen LogP contribution in [-0.4, -0.2) is 0 Å². The molecule has 12 rings (SSSR count). The third-order valence-electron chi connectivity index (χ3n) is 12.7. The Morgan fingerprint density at radius 2 is 0.656 bits per heavy atom. The Morgan fingerprint density at radius 3 is 1.33 bits per heavy atom. The van der Waals surface area contributed by atoms with E-state index >= 15 is 0 Å². The van der Waals surface area contributed by atoms with E-state index in [2.05, 4.69) is 254 Å². The predicted octanol–water partition coefficient (Wildman–Crippen LogP) is 18.2. The van der Waals surface area contributed by atoms with Crippen molar-refractivity contribution in [1.29, 1.82) is 0 Å². The van der Waals surface area contributed by atoms with E-state index in [1.807, 2.05) is 11.3 Å². The van der Waals surface area contributed by atoms with Crippen molar-refractivity contribution in [3.63, 3.8) is 0 Å². The largest absolute Gasteiger partial charge is 0.309 e. The SMILES string of the molecule is c1ccc(-c2cccc3ccccc23)c(-c2ccccc2N(c2ccc(-c3ccc(-c4cccc5ccccc45)cc3)cc2)c2ccccc2-c2cccc3c2sc2ccccc23)c1. The molecule has 0 saturated carbocycles. The van der Waals surface area contributed by atoms with Gasteiger partial charge in [-0.2, -0.15) is 0 Å². The van der Waals surface area contributed by atoms with Gasteiger partial charge in [0.15, 0.2) is 0 Å². The molecule has 1 nitrogen and oxygen atoms in total. The van der Waals surface area contributed by atoms with Gasteiger partial charge in [0, 0.05) is 42.6 Å². The molecule has 0 radical (unpaired) electrons. The maximum absolute atomic E-state index is 2.48. The van der Waals surface area contributed by atoms with Gasteiger partial charge < -0.3 is 4.90 Å². The first-order valence-electron chi connectivity index (χ1n) is 21.9. The zero-order valence-electron chi connectivity index (χ0n) is 35.0. The molecule has 0 atom stereocenters. The highest BCUT2D eigenvalue weighted by Crippen LogP contribution is 2.49. The van der Waals surface area contributed by atoms with Gasteiger partial charge in [-0.3, -0.25) is 0 Å². The topological polar surface area (TPSA) is 3.24 Å². The lowest BCUT2D eigenvalue weighted by Crippen LogP contribution is -2.12. The monoisotopic (exact) mass is 831 g/mol. The zero-order valence-corrected chi connectivity index (χ0v) is 35.8. The number of hydrogen-bond donors (Lipinski definition) is 0. The zero-order chi connectivity index (χ0) is 42.4. The summed E-state index contributed by atoms with van der Waals surface area (Å²) in [6.45, 7) is 0. The van der Waals surface area contributed by atoms with Crippen LogP contribution >= 0.6 is 11.3 Å². The first-order chi connectivity index (χ1) is 31.8. The van der Waals surface area contributed by atoms with E-state index in [0.717, 1.165) is 22.6 Å². The smallest absolute Gasteiger partial charge is 0.0540 e. The van der Waals surface area contributed by atoms with Gasteiger partial charge in [-0.1, -0.05) is 218 Å². The summed E-state index contributed by atoms with van der Waals surface area (Å²) in [4.78, 5) is 2.48. The van der Waals surface area contributed by atoms with Crippen molar-refractivity contribution in [3.05, 3.63) is 249 Å². The van der Waals surface area contributed by atoms with Crippen molar-refractivity contribution < 1.29 is 0 Å². The second-order valence-corrected chi connectivity index (χ2v) is 17.4. The van der Waals surface area contributed by atoms with Gasteiger partial charge in [0.25, 0.3) is 0 Å². The van der Waals surface area contributed by atoms with E-state index in [-0.39, 0.29) is 0 Å². The molecule has 0 aliphatic rings. The third-order valence-corrected chi connectivity index (χ3v) is 13.9. The molecule has 0 aliphatic carbocycles. The summed E-state index contributed by atoms with van der Waals surface area (Å²) in [6.07, 6.45) is 0. The van der Waals surface area contributed by atoms with Crippen molar-refractivity contribution in [2.75, 3.05) is 4.90 Å². The molecular formula is C62H41NS. The molecule has 12 aromatic rings. The van der Waals surface area contributed by atoms with Crippen LogP contribution in [0, 0.1) is 0 Å². The van der Waals surface area contributed by atoms with Crippen LogP contribution in [0.25, 0.3) is 97.4 Å². The number of nitrogens with zero attached hydrogens (tertiary/aromatic N) is 1. The summed E-state index contributed by atoms with van der Waals surface area (Å²) in [5, 5.41) is 7.59. The van der Waals surface area contributed by atoms with Crippen LogP contribution in [0.3, 0.4) is 0 Å². The van der Waals surface area contributed by atoms with Crippen LogP contribution in [0.1, 0.15) is 0 Å². The Bertz CT molecular complexity index is 3660. The van der Waals surface area contributed by atoms with E-state index in [9.17, 15) is 0 Å². The third kappa shape index (κ3) is 6.55. The number of para-hydroxylation sites is 2. The molecule has 0 fully saturated rings. The lowest BCUT2D eigenvalue weighted by molar-refractivity contribution is 1.28. The van der Waals surface area contributed by atoms with Crippen LogP contribution < -0.4 is 4.90 Å². The highest BCUT2D eigenvalue weighted by Gasteiger charge is 2.23. The van der Waals surface area contributed by atoms with E-state index in [0.29, 0.717) is 0 Å². The van der Waals surface area contributed by atoms with Gasteiger partial charge in [-0.15, -0.1) is 11.3 Å². The fraction of sp³-hybridized carbons (Fsp3) is 0. The van der Waals surface area contributed by atoms with Crippen molar-refractivity contribution in [3.8, 4) is 55.6 Å². The minimum atomic E-state index is 1.09. The molecular weight excluding hydrogens is 791 g/mol. The van der Waals surface area contributed by atoms with Gasteiger partial charge >= 0.3 is 0 Å². The number of rotatable bonds is 8. The molecule has 0 spiro atoms. The van der Waals surface area contributed by atoms with Crippen LogP contribution in [0.4, 0.5) is 17.1 Å². The summed E-state index contributed by atoms with van der Waals surface area (Å²) in [7, 11) is 0. The first kappa shape index (κ1) is 37.7. The van der Waals surface area contributed by atoms with Crippen molar-refractivity contribution in [2.45, 2.75) is 0 Å². The van der Waals surface area contributed by atoms with E-state index < -0.39 is 0 Å². The minimum Gasteiger partial charge on any atom is -0.309 e. The van der Waals surface area contributed by atoms with Gasteiger partial charge in [0.2, 0.25) is 0 Å². The van der Waals surface area contributed by atoms with Gasteiger partial charge in [0.05, 0.1) is 11.4 Å². The molecule has 0 bridgehead atoms. The normalized spacial score (nSPS) is 11.4. The Balaban J connectivity index is 1.02. The fourth-order valence-electron chi connectivity index (χ4n) is 9.70.